The Morgan fingerprint density at radius 3 is 2.25 bits per heavy atom. The number of nitrogens with one attached hydrogen (secondary N) is 1. The smallest absolute Gasteiger partial charge is 0.407 e. The molecule has 36 heavy (non-hydrogen) atoms. The van der Waals surface area contributed by atoms with Crippen LogP contribution in [0.5, 0.6) is 0 Å². The molecule has 4 rings (SSSR count). The van der Waals surface area contributed by atoms with E-state index in [9.17, 15) is 9.59 Å². The summed E-state index contributed by atoms with van der Waals surface area (Å²) in [6.45, 7) is 10.8. The van der Waals surface area contributed by atoms with Crippen LogP contribution >= 0.6 is 11.8 Å². The van der Waals surface area contributed by atoms with E-state index in [-0.39, 0.29) is 30.6 Å². The Balaban J connectivity index is 1.38. The van der Waals surface area contributed by atoms with Crippen LogP contribution in [0, 0.1) is 5.92 Å². The van der Waals surface area contributed by atoms with Gasteiger partial charge >= 0.3 is 12.1 Å². The molecule has 1 amide bonds. The maximum absolute atomic E-state index is 12.9. The molecule has 0 bridgehead atoms. The molecule has 0 saturated carbocycles. The highest BCUT2D eigenvalue weighted by Crippen LogP contribution is 2.44. The summed E-state index contributed by atoms with van der Waals surface area (Å²) >= 11 is 1.72. The zero-order chi connectivity index (χ0) is 25.9. The lowest BCUT2D eigenvalue weighted by molar-refractivity contribution is -0.159. The Labute approximate surface area is 219 Å². The van der Waals surface area contributed by atoms with Gasteiger partial charge in [-0.2, -0.15) is 0 Å². The molecule has 0 radical (unpaired) electrons. The Morgan fingerprint density at radius 1 is 1.06 bits per heavy atom. The Kier molecular flexibility index (Phi) is 8.30. The second-order valence-corrected chi connectivity index (χ2v) is 12.1. The SMILES string of the molecule is CC(C)C[C@@H](CN1CSC[C@H]1C(=O)OC(C)(C)C)NC(=O)OCC1c2ccccc2-c2ccccc21. The van der Waals surface area contributed by atoms with Crippen molar-refractivity contribution in [1.29, 1.82) is 0 Å². The van der Waals surface area contributed by atoms with E-state index in [4.69, 9.17) is 9.47 Å². The van der Waals surface area contributed by atoms with Crippen LogP contribution in [0.4, 0.5) is 4.79 Å². The molecule has 2 aliphatic rings. The number of hydrogen-bond acceptors (Lipinski definition) is 6. The lowest BCUT2D eigenvalue weighted by Gasteiger charge is -2.30. The van der Waals surface area contributed by atoms with Crippen LogP contribution in [0.25, 0.3) is 11.1 Å². The van der Waals surface area contributed by atoms with Gasteiger partial charge in [0, 0.05) is 30.1 Å². The number of thioether (sulfide) groups is 1. The molecule has 1 heterocycles. The van der Waals surface area contributed by atoms with Crippen LogP contribution in [0.3, 0.4) is 0 Å². The quantitative estimate of drug-likeness (QED) is 0.463. The molecule has 0 spiro atoms. The fraction of sp³-hybridized carbons (Fsp3) is 0.517. The highest BCUT2D eigenvalue weighted by molar-refractivity contribution is 7.99. The van der Waals surface area contributed by atoms with Gasteiger partial charge in [0.2, 0.25) is 0 Å². The van der Waals surface area contributed by atoms with Crippen LogP contribution in [-0.2, 0) is 14.3 Å². The average molecular weight is 511 g/mol. The van der Waals surface area contributed by atoms with E-state index in [1.54, 1.807) is 11.8 Å². The van der Waals surface area contributed by atoms with E-state index in [0.29, 0.717) is 18.2 Å². The Morgan fingerprint density at radius 2 is 1.67 bits per heavy atom. The summed E-state index contributed by atoms with van der Waals surface area (Å²) in [5, 5.41) is 3.09. The molecule has 1 aliphatic carbocycles. The Bertz CT molecular complexity index is 1040. The van der Waals surface area contributed by atoms with Crippen LogP contribution in [0.15, 0.2) is 48.5 Å². The molecule has 2 aromatic carbocycles. The van der Waals surface area contributed by atoms with Gasteiger partial charge in [-0.15, -0.1) is 11.8 Å². The first-order valence-electron chi connectivity index (χ1n) is 12.8. The minimum atomic E-state index is -0.521. The number of hydrogen-bond donors (Lipinski definition) is 1. The molecular formula is C29H38N2O4S. The lowest BCUT2D eigenvalue weighted by atomic mass is 9.98. The minimum absolute atomic E-state index is 0.0261. The number of carbonyl (C=O) groups is 2. The van der Waals surface area contributed by atoms with E-state index in [2.05, 4.69) is 48.3 Å². The van der Waals surface area contributed by atoms with E-state index in [1.807, 2.05) is 45.0 Å². The van der Waals surface area contributed by atoms with Crippen molar-refractivity contribution in [2.45, 2.75) is 64.6 Å². The third kappa shape index (κ3) is 6.43. The summed E-state index contributed by atoms with van der Waals surface area (Å²) in [6.07, 6.45) is 0.384. The number of alkyl carbamates (subject to hydrolysis) is 1. The summed E-state index contributed by atoms with van der Waals surface area (Å²) in [6, 6.07) is 16.2. The van der Waals surface area contributed by atoms with Gasteiger partial charge < -0.3 is 14.8 Å². The monoisotopic (exact) mass is 510 g/mol. The van der Waals surface area contributed by atoms with Gasteiger partial charge in [0.05, 0.1) is 0 Å². The van der Waals surface area contributed by atoms with Crippen molar-refractivity contribution in [3.8, 4) is 11.1 Å². The van der Waals surface area contributed by atoms with Gasteiger partial charge in [0.1, 0.15) is 18.2 Å². The topological polar surface area (TPSA) is 67.9 Å². The van der Waals surface area contributed by atoms with Crippen LogP contribution in [0.2, 0.25) is 0 Å². The molecule has 1 saturated heterocycles. The van der Waals surface area contributed by atoms with Gasteiger partial charge in [0.25, 0.3) is 0 Å². The van der Waals surface area contributed by atoms with Crippen molar-refractivity contribution in [3.63, 3.8) is 0 Å². The van der Waals surface area contributed by atoms with Crippen molar-refractivity contribution in [3.05, 3.63) is 59.7 Å². The first-order valence-corrected chi connectivity index (χ1v) is 13.9. The van der Waals surface area contributed by atoms with Gasteiger partial charge in [-0.1, -0.05) is 62.4 Å². The number of ether oxygens (including phenoxy) is 2. The van der Waals surface area contributed by atoms with Crippen LogP contribution in [-0.4, -0.2) is 59.4 Å². The maximum Gasteiger partial charge on any atom is 0.407 e. The van der Waals surface area contributed by atoms with Gasteiger partial charge in [-0.3, -0.25) is 9.69 Å². The molecule has 2 aromatic rings. The fourth-order valence-electron chi connectivity index (χ4n) is 5.08. The summed E-state index contributed by atoms with van der Waals surface area (Å²) in [5.41, 5.74) is 4.28. The summed E-state index contributed by atoms with van der Waals surface area (Å²) in [4.78, 5) is 27.8. The number of esters is 1. The third-order valence-electron chi connectivity index (χ3n) is 6.53. The summed E-state index contributed by atoms with van der Waals surface area (Å²) in [5.74, 6) is 1.66. The molecule has 7 heteroatoms. The maximum atomic E-state index is 12.9. The standard InChI is InChI=1S/C29H38N2O4S/c1-19(2)14-20(15-31-18-36-17-26(31)27(32)35-29(3,4)5)30-28(33)34-16-25-23-12-8-6-10-21(23)22-11-7-9-13-24(22)25/h6-13,19-20,25-26H,14-18H2,1-5H3,(H,30,33)/t20-,26-/m0/s1. The average Bonchev–Trinajstić information content (AvgIpc) is 3.39. The van der Waals surface area contributed by atoms with Crippen molar-refractivity contribution in [1.82, 2.24) is 10.2 Å². The van der Waals surface area contributed by atoms with Crippen molar-refractivity contribution >= 4 is 23.8 Å². The van der Waals surface area contributed by atoms with Crippen molar-refractivity contribution in [2.75, 3.05) is 24.8 Å². The second-order valence-electron chi connectivity index (χ2n) is 11.1. The molecule has 1 aliphatic heterocycles. The zero-order valence-electron chi connectivity index (χ0n) is 22.0. The predicted octanol–water partition coefficient (Wildman–Crippen LogP) is 5.66. The molecule has 2 atom stereocenters. The second kappa shape index (κ2) is 11.3. The number of amides is 1. The van der Waals surface area contributed by atoms with E-state index >= 15 is 0 Å². The number of benzene rings is 2. The first kappa shape index (κ1) is 26.6. The molecule has 1 fully saturated rings. The van der Waals surface area contributed by atoms with Gasteiger partial charge in [0.15, 0.2) is 0 Å². The number of rotatable bonds is 8. The van der Waals surface area contributed by atoms with Crippen molar-refractivity contribution in [2.24, 2.45) is 5.92 Å². The fourth-order valence-corrected chi connectivity index (χ4v) is 6.28. The van der Waals surface area contributed by atoms with E-state index in [1.165, 1.54) is 22.3 Å². The van der Waals surface area contributed by atoms with E-state index < -0.39 is 11.7 Å². The third-order valence-corrected chi connectivity index (χ3v) is 7.59. The Hall–Kier alpha value is -2.51. The summed E-state index contributed by atoms with van der Waals surface area (Å²) in [7, 11) is 0. The molecule has 0 unspecified atom stereocenters. The summed E-state index contributed by atoms with van der Waals surface area (Å²) < 4.78 is 11.4. The van der Waals surface area contributed by atoms with Gasteiger partial charge in [-0.05, 0) is 55.4 Å². The highest BCUT2D eigenvalue weighted by atomic mass is 32.2. The van der Waals surface area contributed by atoms with Crippen LogP contribution in [0.1, 0.15) is 58.1 Å². The minimum Gasteiger partial charge on any atom is -0.459 e. The largest absolute Gasteiger partial charge is 0.459 e. The number of carbonyl (C=O) groups excluding carboxylic acids is 2. The molecule has 6 nitrogen and oxygen atoms in total. The van der Waals surface area contributed by atoms with Gasteiger partial charge in [-0.25, -0.2) is 4.79 Å². The molecular weight excluding hydrogens is 472 g/mol. The molecule has 1 N–H and O–H groups in total. The first-order chi connectivity index (χ1) is 17.1. The van der Waals surface area contributed by atoms with E-state index in [0.717, 1.165) is 12.3 Å². The number of nitrogens with zero attached hydrogens (tertiary/aromatic N) is 1. The highest BCUT2D eigenvalue weighted by Gasteiger charge is 2.36. The predicted molar refractivity (Wildman–Crippen MR) is 145 cm³/mol. The normalized spacial score (nSPS) is 18.6. The molecule has 0 aromatic heterocycles. The number of fused-ring (bicyclic) bond motifs is 3. The zero-order valence-corrected chi connectivity index (χ0v) is 22.8. The van der Waals surface area contributed by atoms with Crippen molar-refractivity contribution < 1.29 is 19.1 Å². The lowest BCUT2D eigenvalue weighted by Crippen LogP contribution is -2.49. The van der Waals surface area contributed by atoms with Crippen LogP contribution < -0.4 is 5.32 Å². The molecule has 194 valence electrons.